The zero-order valence-corrected chi connectivity index (χ0v) is 19.8. The molecule has 3 amide bonds. The van der Waals surface area contributed by atoms with E-state index in [4.69, 9.17) is 4.74 Å². The summed E-state index contributed by atoms with van der Waals surface area (Å²) in [6.07, 6.45) is 9.83. The van der Waals surface area contributed by atoms with Gasteiger partial charge in [0.05, 0.1) is 11.7 Å². The molecule has 2 unspecified atom stereocenters. The fourth-order valence-corrected chi connectivity index (χ4v) is 6.47. The average Bonchev–Trinajstić information content (AvgIpc) is 3.54. The summed E-state index contributed by atoms with van der Waals surface area (Å²) < 4.78 is 5.58. The largest absolute Gasteiger partial charge is 0.450 e. The Kier molecular flexibility index (Phi) is 5.98. The number of carbonyl (C=O) groups excluding carboxylic acids is 5. The summed E-state index contributed by atoms with van der Waals surface area (Å²) in [5.41, 5.74) is -0.787. The molecule has 0 aromatic heterocycles. The standard InChI is InChI=1S/C25H33N3O6/c1-2-21(30)34-25(12-5-6-13-25)22(31)24(33)28-17-10-7-11-18(28)23(32)27-15-20(29)26(14-19(17)27)16-8-3-4-9-16/h14,16-18H,2-13,15H2,1H3. The van der Waals surface area contributed by atoms with E-state index in [9.17, 15) is 24.0 Å². The average molecular weight is 472 g/mol. The Morgan fingerprint density at radius 2 is 1.65 bits per heavy atom. The van der Waals surface area contributed by atoms with Crippen molar-refractivity contribution in [2.24, 2.45) is 0 Å². The lowest BCUT2D eigenvalue weighted by Crippen LogP contribution is -2.68. The van der Waals surface area contributed by atoms with Crippen LogP contribution < -0.4 is 0 Å². The molecule has 0 aromatic carbocycles. The second-order valence-electron chi connectivity index (χ2n) is 10.3. The zero-order valence-electron chi connectivity index (χ0n) is 19.8. The smallest absolute Gasteiger partial charge is 0.306 e. The van der Waals surface area contributed by atoms with Crippen molar-refractivity contribution in [3.05, 3.63) is 11.9 Å². The van der Waals surface area contributed by atoms with Gasteiger partial charge in [-0.05, 0) is 57.8 Å². The molecule has 184 valence electrons. The first-order chi connectivity index (χ1) is 16.4. The maximum absolute atomic E-state index is 13.7. The van der Waals surface area contributed by atoms with E-state index in [-0.39, 0.29) is 30.8 Å². The van der Waals surface area contributed by atoms with Crippen molar-refractivity contribution in [1.82, 2.24) is 14.7 Å². The SMILES string of the molecule is CCC(=O)OC1(C(=O)C(=O)N2C3CCCC2C2=CN(C4CCCC4)C(=O)CN2C3=O)CCCC1. The van der Waals surface area contributed by atoms with Gasteiger partial charge in [0, 0.05) is 18.7 Å². The van der Waals surface area contributed by atoms with E-state index in [1.165, 1.54) is 9.80 Å². The number of carbonyl (C=O) groups is 5. The van der Waals surface area contributed by atoms with E-state index in [0.29, 0.717) is 44.2 Å². The van der Waals surface area contributed by atoms with Crippen molar-refractivity contribution in [3.63, 3.8) is 0 Å². The Hall–Kier alpha value is -2.71. The number of ether oxygens (including phenoxy) is 1. The maximum Gasteiger partial charge on any atom is 0.306 e. The summed E-state index contributed by atoms with van der Waals surface area (Å²) in [5.74, 6) is -2.34. The molecule has 5 aliphatic rings. The van der Waals surface area contributed by atoms with Crippen molar-refractivity contribution in [1.29, 1.82) is 0 Å². The topological polar surface area (TPSA) is 104 Å². The Labute approximate surface area is 199 Å². The molecular formula is C25H33N3O6. The minimum atomic E-state index is -1.43. The zero-order chi connectivity index (χ0) is 24.0. The molecule has 2 saturated carbocycles. The highest BCUT2D eigenvalue weighted by molar-refractivity contribution is 6.40. The third-order valence-electron chi connectivity index (χ3n) is 8.25. The summed E-state index contributed by atoms with van der Waals surface area (Å²) in [5, 5.41) is 0. The van der Waals surface area contributed by atoms with Gasteiger partial charge in [0.2, 0.25) is 11.8 Å². The lowest BCUT2D eigenvalue weighted by atomic mass is 9.85. The number of esters is 1. The Morgan fingerprint density at radius 1 is 0.971 bits per heavy atom. The molecule has 2 saturated heterocycles. The normalized spacial score (nSPS) is 28.6. The Bertz CT molecular complexity index is 946. The fourth-order valence-electron chi connectivity index (χ4n) is 6.47. The van der Waals surface area contributed by atoms with Gasteiger partial charge in [-0.15, -0.1) is 0 Å². The number of nitrogens with zero attached hydrogens (tertiary/aromatic N) is 3. The summed E-state index contributed by atoms with van der Waals surface area (Å²) in [7, 11) is 0. The van der Waals surface area contributed by atoms with Crippen LogP contribution in [0.15, 0.2) is 11.9 Å². The summed E-state index contributed by atoms with van der Waals surface area (Å²) >= 11 is 0. The van der Waals surface area contributed by atoms with Gasteiger partial charge in [0.25, 0.3) is 11.7 Å². The van der Waals surface area contributed by atoms with Crippen LogP contribution in [0.1, 0.15) is 84.0 Å². The van der Waals surface area contributed by atoms with Gasteiger partial charge < -0.3 is 19.4 Å². The van der Waals surface area contributed by atoms with Crippen LogP contribution in [-0.4, -0.2) is 74.4 Å². The predicted molar refractivity (Wildman–Crippen MR) is 120 cm³/mol. The first kappa shape index (κ1) is 23.1. The number of ketones is 1. The molecule has 0 radical (unpaired) electrons. The number of Topliss-reactive ketones (excluding diaryl/α,β-unsaturated/α-hetero) is 1. The molecule has 2 bridgehead atoms. The number of piperazine rings is 1. The van der Waals surface area contributed by atoms with Gasteiger partial charge in [0.15, 0.2) is 5.60 Å². The van der Waals surface area contributed by atoms with E-state index in [1.807, 2.05) is 0 Å². The summed E-state index contributed by atoms with van der Waals surface area (Å²) in [4.78, 5) is 70.4. The Morgan fingerprint density at radius 3 is 2.32 bits per heavy atom. The van der Waals surface area contributed by atoms with Crippen molar-refractivity contribution in [2.45, 2.75) is 108 Å². The molecule has 2 aliphatic carbocycles. The molecule has 0 N–H and O–H groups in total. The molecular weight excluding hydrogens is 438 g/mol. The number of amides is 3. The van der Waals surface area contributed by atoms with Gasteiger partial charge >= 0.3 is 5.97 Å². The number of hydrogen-bond donors (Lipinski definition) is 0. The van der Waals surface area contributed by atoms with Gasteiger partial charge in [-0.1, -0.05) is 19.8 Å². The molecule has 4 fully saturated rings. The van der Waals surface area contributed by atoms with Crippen molar-refractivity contribution in [3.8, 4) is 0 Å². The monoisotopic (exact) mass is 471 g/mol. The van der Waals surface area contributed by atoms with Crippen LogP contribution in [0.3, 0.4) is 0 Å². The van der Waals surface area contributed by atoms with E-state index < -0.39 is 35.3 Å². The molecule has 5 rings (SSSR count). The second kappa shape index (κ2) is 8.82. The quantitative estimate of drug-likeness (QED) is 0.449. The summed E-state index contributed by atoms with van der Waals surface area (Å²) in [6.45, 7) is 1.65. The van der Waals surface area contributed by atoms with Gasteiger partial charge in [-0.3, -0.25) is 24.0 Å². The number of rotatable bonds is 5. The van der Waals surface area contributed by atoms with Crippen LogP contribution in [0.25, 0.3) is 0 Å². The van der Waals surface area contributed by atoms with Crippen molar-refractivity contribution in [2.75, 3.05) is 6.54 Å². The lowest BCUT2D eigenvalue weighted by Gasteiger charge is -2.52. The van der Waals surface area contributed by atoms with E-state index in [2.05, 4.69) is 0 Å². The van der Waals surface area contributed by atoms with Crippen LogP contribution in [-0.2, 0) is 28.7 Å². The van der Waals surface area contributed by atoms with Crippen molar-refractivity contribution >= 4 is 29.5 Å². The molecule has 0 spiro atoms. The predicted octanol–water partition coefficient (Wildman–Crippen LogP) is 2.04. The minimum Gasteiger partial charge on any atom is -0.450 e. The van der Waals surface area contributed by atoms with Crippen LogP contribution in [0.4, 0.5) is 0 Å². The Balaban J connectivity index is 1.47. The first-order valence-electron chi connectivity index (χ1n) is 12.8. The molecule has 2 atom stereocenters. The van der Waals surface area contributed by atoms with E-state index in [0.717, 1.165) is 32.1 Å². The van der Waals surface area contributed by atoms with Gasteiger partial charge in [-0.25, -0.2) is 0 Å². The highest BCUT2D eigenvalue weighted by Gasteiger charge is 2.56. The first-order valence-corrected chi connectivity index (χ1v) is 12.8. The molecule has 3 heterocycles. The third kappa shape index (κ3) is 3.64. The highest BCUT2D eigenvalue weighted by Crippen LogP contribution is 2.41. The minimum absolute atomic E-state index is 0.0117. The number of piperidine rings is 1. The van der Waals surface area contributed by atoms with Crippen molar-refractivity contribution < 1.29 is 28.7 Å². The van der Waals surface area contributed by atoms with E-state index in [1.54, 1.807) is 18.0 Å². The summed E-state index contributed by atoms with van der Waals surface area (Å²) in [6, 6.07) is -1.08. The third-order valence-corrected chi connectivity index (χ3v) is 8.25. The number of fused-ring (bicyclic) bond motifs is 4. The van der Waals surface area contributed by atoms with Gasteiger partial charge in [-0.2, -0.15) is 0 Å². The van der Waals surface area contributed by atoms with Crippen LogP contribution in [0.2, 0.25) is 0 Å². The van der Waals surface area contributed by atoms with Gasteiger partial charge in [0.1, 0.15) is 12.6 Å². The maximum atomic E-state index is 13.7. The molecule has 9 heteroatoms. The molecule has 3 aliphatic heterocycles. The number of hydrogen-bond acceptors (Lipinski definition) is 6. The van der Waals surface area contributed by atoms with Crippen LogP contribution in [0, 0.1) is 0 Å². The lowest BCUT2D eigenvalue weighted by molar-refractivity contribution is -0.175. The second-order valence-corrected chi connectivity index (χ2v) is 10.3. The van der Waals surface area contributed by atoms with Crippen LogP contribution in [0.5, 0.6) is 0 Å². The fraction of sp³-hybridized carbons (Fsp3) is 0.720. The highest BCUT2D eigenvalue weighted by atomic mass is 16.6. The van der Waals surface area contributed by atoms with E-state index >= 15 is 0 Å². The molecule has 0 aromatic rings. The molecule has 9 nitrogen and oxygen atoms in total. The molecule has 34 heavy (non-hydrogen) atoms. The van der Waals surface area contributed by atoms with Crippen LogP contribution >= 0.6 is 0 Å².